The number of hydrogen-bond acceptors (Lipinski definition) is 6. The second-order valence-electron chi connectivity index (χ2n) is 6.42. The molecule has 0 unspecified atom stereocenters. The number of benzene rings is 1. The zero-order valence-electron chi connectivity index (χ0n) is 15.8. The van der Waals surface area contributed by atoms with Crippen LogP contribution in [-0.4, -0.2) is 49.6 Å². The van der Waals surface area contributed by atoms with Crippen molar-refractivity contribution in [3.8, 4) is 5.69 Å². The molecule has 0 aliphatic carbocycles. The van der Waals surface area contributed by atoms with Crippen LogP contribution in [-0.2, 0) is 9.59 Å². The molecule has 3 amide bonds. The van der Waals surface area contributed by atoms with E-state index < -0.39 is 17.7 Å². The van der Waals surface area contributed by atoms with Gasteiger partial charge in [-0.2, -0.15) is 0 Å². The van der Waals surface area contributed by atoms with Gasteiger partial charge in [0, 0.05) is 12.4 Å². The van der Waals surface area contributed by atoms with Crippen molar-refractivity contribution < 1.29 is 19.6 Å². The van der Waals surface area contributed by atoms with Gasteiger partial charge in [0.05, 0.1) is 30.0 Å². The van der Waals surface area contributed by atoms with Crippen LogP contribution in [0.15, 0.2) is 43.0 Å². The summed E-state index contributed by atoms with van der Waals surface area (Å²) in [5.74, 6) is 3.75. The van der Waals surface area contributed by atoms with Gasteiger partial charge >= 0.3 is 0 Å². The summed E-state index contributed by atoms with van der Waals surface area (Å²) in [5.41, 5.74) is 0.771. The predicted molar refractivity (Wildman–Crippen MR) is 101 cm³/mol. The quantitative estimate of drug-likeness (QED) is 0.160. The fraction of sp³-hybridized carbons (Fsp3) is 0.368. The molecule has 0 radical (unpaired) electrons. The molecule has 1 heterocycles. The summed E-state index contributed by atoms with van der Waals surface area (Å²) in [6.45, 7) is 1.79. The molecule has 3 N–H and O–H groups in total. The lowest BCUT2D eigenvalue weighted by molar-refractivity contribution is -0.156. The summed E-state index contributed by atoms with van der Waals surface area (Å²) < 4.78 is 1.64. The topological polar surface area (TPSA) is 122 Å². The number of amides is 3. The van der Waals surface area contributed by atoms with Gasteiger partial charge in [-0.3, -0.25) is 19.6 Å². The first-order chi connectivity index (χ1) is 13.5. The highest BCUT2D eigenvalue weighted by molar-refractivity contribution is 6.06. The summed E-state index contributed by atoms with van der Waals surface area (Å²) in [5, 5.41) is 10.5. The fourth-order valence-corrected chi connectivity index (χ4v) is 2.91. The lowest BCUT2D eigenvalue weighted by Gasteiger charge is -2.24. The highest BCUT2D eigenvalue weighted by Gasteiger charge is 2.29. The third kappa shape index (κ3) is 5.24. The number of para-hydroxylation sites is 1. The number of imide groups is 1. The van der Waals surface area contributed by atoms with E-state index in [9.17, 15) is 19.6 Å². The van der Waals surface area contributed by atoms with Crippen molar-refractivity contribution in [3.05, 3.63) is 48.5 Å². The molecule has 1 atom stereocenters. The average Bonchev–Trinajstić information content (AvgIpc) is 3.26. The van der Waals surface area contributed by atoms with Crippen LogP contribution in [0, 0.1) is 5.92 Å². The van der Waals surface area contributed by atoms with Crippen molar-refractivity contribution in [3.63, 3.8) is 0 Å². The van der Waals surface area contributed by atoms with Gasteiger partial charge in [-0.05, 0) is 18.6 Å². The Bertz CT molecular complexity index is 793. The van der Waals surface area contributed by atoms with Crippen LogP contribution in [0.5, 0.6) is 0 Å². The highest BCUT2D eigenvalue weighted by Crippen LogP contribution is 2.18. The number of carbonyl (C=O) groups is 3. The van der Waals surface area contributed by atoms with E-state index in [2.05, 4.69) is 4.98 Å². The molecule has 9 nitrogen and oxygen atoms in total. The molecule has 9 heteroatoms. The van der Waals surface area contributed by atoms with Crippen LogP contribution in [0.2, 0.25) is 0 Å². The Labute approximate surface area is 163 Å². The van der Waals surface area contributed by atoms with Crippen molar-refractivity contribution in [2.75, 3.05) is 6.54 Å². The van der Waals surface area contributed by atoms with E-state index in [1.165, 1.54) is 6.33 Å². The zero-order valence-corrected chi connectivity index (χ0v) is 15.8. The molecule has 2 rings (SSSR count). The number of carbonyl (C=O) groups excluding carboxylic acids is 3. The zero-order chi connectivity index (χ0) is 20.5. The predicted octanol–water partition coefficient (Wildman–Crippen LogP) is 1.76. The molecule has 150 valence electrons. The Kier molecular flexibility index (Phi) is 7.85. The number of nitrogens with two attached hydrogens (primary N) is 1. The van der Waals surface area contributed by atoms with Crippen LogP contribution < -0.4 is 5.84 Å². The Hall–Kier alpha value is -3.04. The largest absolute Gasteiger partial charge is 0.306 e. The van der Waals surface area contributed by atoms with Crippen LogP contribution in [0.1, 0.15) is 43.0 Å². The lowest BCUT2D eigenvalue weighted by Crippen LogP contribution is -2.48. The molecular formula is C19H25N5O4. The maximum Gasteiger partial charge on any atom is 0.276 e. The third-order valence-electron chi connectivity index (χ3n) is 4.41. The number of imidazole rings is 1. The second-order valence-corrected chi connectivity index (χ2v) is 6.42. The van der Waals surface area contributed by atoms with Crippen molar-refractivity contribution in [2.45, 2.75) is 32.6 Å². The Morgan fingerprint density at radius 3 is 2.71 bits per heavy atom. The van der Waals surface area contributed by atoms with E-state index in [-0.39, 0.29) is 18.5 Å². The fourth-order valence-electron chi connectivity index (χ4n) is 2.91. The minimum Gasteiger partial charge on any atom is -0.306 e. The maximum absolute atomic E-state index is 12.9. The minimum absolute atomic E-state index is 0.219. The van der Waals surface area contributed by atoms with Gasteiger partial charge in [-0.1, -0.05) is 38.3 Å². The average molecular weight is 387 g/mol. The highest BCUT2D eigenvalue weighted by atomic mass is 16.5. The lowest BCUT2D eigenvalue weighted by atomic mass is 9.99. The SMILES string of the molecule is CCCCC[C@H](CN(O)C=O)C(=O)N(N)C(=O)c1ccccc1-n1ccnc1. The van der Waals surface area contributed by atoms with Gasteiger partial charge in [0.15, 0.2) is 0 Å². The molecule has 28 heavy (non-hydrogen) atoms. The Balaban J connectivity index is 2.22. The minimum atomic E-state index is -0.781. The van der Waals surface area contributed by atoms with Gasteiger partial charge in [-0.25, -0.2) is 20.9 Å². The van der Waals surface area contributed by atoms with Crippen LogP contribution in [0.4, 0.5) is 0 Å². The first-order valence-electron chi connectivity index (χ1n) is 9.10. The third-order valence-corrected chi connectivity index (χ3v) is 4.41. The molecule has 0 spiro atoms. The molecule has 0 aliphatic rings. The number of hydrogen-bond donors (Lipinski definition) is 2. The summed E-state index contributed by atoms with van der Waals surface area (Å²) in [7, 11) is 0. The van der Waals surface area contributed by atoms with Gasteiger partial charge < -0.3 is 4.57 Å². The first kappa shape index (κ1) is 21.3. The van der Waals surface area contributed by atoms with Crippen molar-refractivity contribution in [1.82, 2.24) is 19.6 Å². The van der Waals surface area contributed by atoms with E-state index >= 15 is 0 Å². The molecule has 0 aliphatic heterocycles. The normalized spacial score (nSPS) is 11.7. The summed E-state index contributed by atoms with van der Waals surface area (Å²) in [4.78, 5) is 40.4. The molecule has 2 aromatic rings. The van der Waals surface area contributed by atoms with Crippen LogP contribution in [0.3, 0.4) is 0 Å². The summed E-state index contributed by atoms with van der Waals surface area (Å²) >= 11 is 0. The van der Waals surface area contributed by atoms with E-state index in [4.69, 9.17) is 5.84 Å². The van der Waals surface area contributed by atoms with Crippen molar-refractivity contribution in [1.29, 1.82) is 0 Å². The maximum atomic E-state index is 12.9. The molecule has 1 aromatic heterocycles. The van der Waals surface area contributed by atoms with E-state index in [1.807, 2.05) is 6.92 Å². The van der Waals surface area contributed by atoms with E-state index in [0.29, 0.717) is 28.6 Å². The smallest absolute Gasteiger partial charge is 0.276 e. The number of hydrazine groups is 1. The standard InChI is InChI=1S/C19H25N5O4/c1-2-3-4-7-15(12-23(28)14-25)18(26)24(20)19(27)16-8-5-6-9-17(16)22-11-10-21-13-22/h5-6,8-11,13-15,28H,2-4,7,12,20H2,1H3/t15-/m1/s1. The number of nitrogens with zero attached hydrogens (tertiary/aromatic N) is 4. The molecule has 0 bridgehead atoms. The molecule has 0 fully saturated rings. The molecule has 0 saturated carbocycles. The number of hydroxylamine groups is 2. The first-order valence-corrected chi connectivity index (χ1v) is 9.10. The molecule has 1 aromatic carbocycles. The van der Waals surface area contributed by atoms with Crippen LogP contribution in [0.25, 0.3) is 5.69 Å². The van der Waals surface area contributed by atoms with Crippen LogP contribution >= 0.6 is 0 Å². The monoisotopic (exact) mass is 387 g/mol. The van der Waals surface area contributed by atoms with Crippen molar-refractivity contribution >= 4 is 18.2 Å². The Morgan fingerprint density at radius 1 is 1.32 bits per heavy atom. The van der Waals surface area contributed by atoms with E-state index in [1.54, 1.807) is 41.2 Å². The molecule has 0 saturated heterocycles. The van der Waals surface area contributed by atoms with Gasteiger partial charge in [0.25, 0.3) is 5.91 Å². The Morgan fingerprint density at radius 2 is 2.07 bits per heavy atom. The molecular weight excluding hydrogens is 362 g/mol. The number of unbranched alkanes of at least 4 members (excludes halogenated alkanes) is 2. The number of aromatic nitrogens is 2. The van der Waals surface area contributed by atoms with Gasteiger partial charge in [0.1, 0.15) is 0 Å². The number of rotatable bonds is 10. The van der Waals surface area contributed by atoms with Gasteiger partial charge in [0.2, 0.25) is 12.3 Å². The van der Waals surface area contributed by atoms with Gasteiger partial charge in [-0.15, -0.1) is 0 Å². The van der Waals surface area contributed by atoms with Crippen molar-refractivity contribution in [2.24, 2.45) is 11.8 Å². The van der Waals surface area contributed by atoms with E-state index in [0.717, 1.165) is 12.8 Å². The summed E-state index contributed by atoms with van der Waals surface area (Å²) in [6, 6.07) is 6.72. The summed E-state index contributed by atoms with van der Waals surface area (Å²) in [6.07, 6.45) is 7.96. The second kappa shape index (κ2) is 10.3.